The van der Waals surface area contributed by atoms with Crippen molar-refractivity contribution >= 4 is 5.91 Å². The first-order chi connectivity index (χ1) is 14.2. The summed E-state index contributed by atoms with van der Waals surface area (Å²) in [7, 11) is 0. The van der Waals surface area contributed by atoms with Crippen LogP contribution in [0.25, 0.3) is 11.3 Å². The fourth-order valence-electron chi connectivity index (χ4n) is 3.90. The molecule has 5 rings (SSSR count). The van der Waals surface area contributed by atoms with E-state index in [0.29, 0.717) is 36.7 Å². The molecule has 2 aliphatic heterocycles. The molecule has 0 radical (unpaired) electrons. The normalized spacial score (nSPS) is 18.7. The lowest BCUT2D eigenvalue weighted by atomic mass is 10.0. The molecule has 1 fully saturated rings. The third kappa shape index (κ3) is 3.40. The molecule has 2 aromatic heterocycles. The molecule has 2 aliphatic rings. The molecule has 3 aromatic rings. The highest BCUT2D eigenvalue weighted by Crippen LogP contribution is 2.25. The lowest BCUT2D eigenvalue weighted by Gasteiger charge is -2.27. The van der Waals surface area contributed by atoms with Gasteiger partial charge in [0.15, 0.2) is 0 Å². The van der Waals surface area contributed by atoms with E-state index in [1.165, 1.54) is 12.1 Å². The summed E-state index contributed by atoms with van der Waals surface area (Å²) in [6, 6.07) is 7.76. The minimum absolute atomic E-state index is 0.0984. The highest BCUT2D eigenvalue weighted by atomic mass is 19.1. The standard InChI is InChI=1S/C21H20FN5O2/c22-16-4-2-1-3-15(16)18-9-19(29-26-18)21(28)27-8-6-17-14(12-27)11-24-20(25-17)13-5-7-23-10-13/h1-4,9,11,13,23H,5-8,10,12H2. The third-order valence-corrected chi connectivity index (χ3v) is 5.54. The molecule has 0 bridgehead atoms. The summed E-state index contributed by atoms with van der Waals surface area (Å²) < 4.78 is 19.2. The number of amides is 1. The molecule has 29 heavy (non-hydrogen) atoms. The minimum Gasteiger partial charge on any atom is -0.350 e. The summed E-state index contributed by atoms with van der Waals surface area (Å²) in [6.07, 6.45) is 3.56. The van der Waals surface area contributed by atoms with Crippen LogP contribution >= 0.6 is 0 Å². The van der Waals surface area contributed by atoms with Crippen LogP contribution in [-0.2, 0) is 13.0 Å². The second kappa shape index (κ2) is 7.36. The van der Waals surface area contributed by atoms with Crippen molar-refractivity contribution in [1.29, 1.82) is 0 Å². The van der Waals surface area contributed by atoms with Gasteiger partial charge in [0, 0.05) is 55.4 Å². The molecular weight excluding hydrogens is 373 g/mol. The Hall–Kier alpha value is -3.13. The highest BCUT2D eigenvalue weighted by Gasteiger charge is 2.28. The number of hydrogen-bond acceptors (Lipinski definition) is 6. The number of aromatic nitrogens is 3. The predicted octanol–water partition coefficient (Wildman–Crippen LogP) is 2.55. The summed E-state index contributed by atoms with van der Waals surface area (Å²) in [6.45, 7) is 2.88. The summed E-state index contributed by atoms with van der Waals surface area (Å²) in [4.78, 5) is 23.8. The van der Waals surface area contributed by atoms with E-state index < -0.39 is 5.82 Å². The van der Waals surface area contributed by atoms with Gasteiger partial charge in [-0.3, -0.25) is 4.79 Å². The van der Waals surface area contributed by atoms with Crippen molar-refractivity contribution in [3.63, 3.8) is 0 Å². The maximum absolute atomic E-state index is 14.0. The van der Waals surface area contributed by atoms with Gasteiger partial charge >= 0.3 is 0 Å². The molecule has 7 nitrogen and oxygen atoms in total. The second-order valence-electron chi connectivity index (χ2n) is 7.42. The molecule has 8 heteroatoms. The molecule has 1 N–H and O–H groups in total. The fraction of sp³-hybridized carbons (Fsp3) is 0.333. The van der Waals surface area contributed by atoms with Gasteiger partial charge in [0.1, 0.15) is 17.3 Å². The topological polar surface area (TPSA) is 84.2 Å². The highest BCUT2D eigenvalue weighted by molar-refractivity contribution is 5.92. The Kier molecular flexibility index (Phi) is 4.55. The maximum atomic E-state index is 14.0. The van der Waals surface area contributed by atoms with E-state index >= 15 is 0 Å². The quantitative estimate of drug-likeness (QED) is 0.736. The first kappa shape index (κ1) is 17.9. The number of benzene rings is 1. The average Bonchev–Trinajstić information content (AvgIpc) is 3.45. The number of fused-ring (bicyclic) bond motifs is 1. The Labute approximate surface area is 166 Å². The molecule has 148 valence electrons. The summed E-state index contributed by atoms with van der Waals surface area (Å²) in [5, 5.41) is 7.21. The van der Waals surface area contributed by atoms with Gasteiger partial charge in [0.25, 0.3) is 5.91 Å². The van der Waals surface area contributed by atoms with Crippen molar-refractivity contribution in [1.82, 2.24) is 25.3 Å². The van der Waals surface area contributed by atoms with Gasteiger partial charge in [0.05, 0.1) is 5.69 Å². The average molecular weight is 393 g/mol. The van der Waals surface area contributed by atoms with Gasteiger partial charge < -0.3 is 14.7 Å². The number of nitrogens with zero attached hydrogens (tertiary/aromatic N) is 4. The molecule has 1 atom stereocenters. The summed E-state index contributed by atoms with van der Waals surface area (Å²) in [5.74, 6) is 0.678. The first-order valence-corrected chi connectivity index (χ1v) is 9.75. The van der Waals surface area contributed by atoms with Gasteiger partial charge in [-0.15, -0.1) is 0 Å². The monoisotopic (exact) mass is 393 g/mol. The molecule has 1 aromatic carbocycles. The molecular formula is C21H20FN5O2. The van der Waals surface area contributed by atoms with Crippen LogP contribution in [0.3, 0.4) is 0 Å². The van der Waals surface area contributed by atoms with E-state index in [1.807, 2.05) is 6.20 Å². The summed E-state index contributed by atoms with van der Waals surface area (Å²) in [5.41, 5.74) is 2.58. The molecule has 0 saturated carbocycles. The van der Waals surface area contributed by atoms with E-state index in [1.54, 1.807) is 23.1 Å². The molecule has 0 spiro atoms. The Morgan fingerprint density at radius 1 is 1.31 bits per heavy atom. The van der Waals surface area contributed by atoms with Gasteiger partial charge in [-0.2, -0.15) is 0 Å². The smallest absolute Gasteiger partial charge is 0.292 e. The van der Waals surface area contributed by atoms with Crippen molar-refractivity contribution in [2.45, 2.75) is 25.3 Å². The lowest BCUT2D eigenvalue weighted by molar-refractivity contribution is 0.0691. The zero-order valence-corrected chi connectivity index (χ0v) is 15.8. The maximum Gasteiger partial charge on any atom is 0.292 e. The van der Waals surface area contributed by atoms with E-state index in [9.17, 15) is 9.18 Å². The van der Waals surface area contributed by atoms with Gasteiger partial charge in [-0.05, 0) is 25.1 Å². The van der Waals surface area contributed by atoms with Crippen LogP contribution < -0.4 is 5.32 Å². The Balaban J connectivity index is 1.33. The molecule has 4 heterocycles. The van der Waals surface area contributed by atoms with Crippen LogP contribution in [-0.4, -0.2) is 45.6 Å². The lowest BCUT2D eigenvalue weighted by Crippen LogP contribution is -2.36. The molecule has 1 amide bonds. The van der Waals surface area contributed by atoms with Crippen molar-refractivity contribution in [3.8, 4) is 11.3 Å². The van der Waals surface area contributed by atoms with Crippen LogP contribution in [0.15, 0.2) is 41.1 Å². The van der Waals surface area contributed by atoms with E-state index in [4.69, 9.17) is 9.51 Å². The predicted molar refractivity (Wildman–Crippen MR) is 103 cm³/mol. The molecule has 1 saturated heterocycles. The first-order valence-electron chi connectivity index (χ1n) is 9.75. The number of halogens is 1. The van der Waals surface area contributed by atoms with Crippen LogP contribution in [0, 0.1) is 5.82 Å². The van der Waals surface area contributed by atoms with E-state index in [-0.39, 0.29) is 11.7 Å². The summed E-state index contributed by atoms with van der Waals surface area (Å²) >= 11 is 0. The van der Waals surface area contributed by atoms with Gasteiger partial charge in [-0.1, -0.05) is 17.3 Å². The molecule has 0 aliphatic carbocycles. The van der Waals surface area contributed by atoms with Gasteiger partial charge in [0.2, 0.25) is 5.76 Å². The molecule has 1 unspecified atom stereocenters. The van der Waals surface area contributed by atoms with Crippen molar-refractivity contribution in [2.75, 3.05) is 19.6 Å². The fourth-order valence-corrected chi connectivity index (χ4v) is 3.90. The van der Waals surface area contributed by atoms with Crippen LogP contribution in [0.5, 0.6) is 0 Å². The van der Waals surface area contributed by atoms with E-state index in [2.05, 4.69) is 15.5 Å². The Morgan fingerprint density at radius 3 is 3.03 bits per heavy atom. The third-order valence-electron chi connectivity index (χ3n) is 5.54. The number of hydrogen-bond donors (Lipinski definition) is 1. The number of nitrogens with one attached hydrogen (secondary N) is 1. The van der Waals surface area contributed by atoms with Crippen molar-refractivity contribution < 1.29 is 13.7 Å². The minimum atomic E-state index is -0.405. The second-order valence-corrected chi connectivity index (χ2v) is 7.42. The van der Waals surface area contributed by atoms with E-state index in [0.717, 1.165) is 36.6 Å². The largest absolute Gasteiger partial charge is 0.350 e. The SMILES string of the molecule is O=C(c1cc(-c2ccccc2F)no1)N1CCc2nc(C3CCNC3)ncc2C1. The van der Waals surface area contributed by atoms with Crippen molar-refractivity contribution in [2.24, 2.45) is 0 Å². The Bertz CT molecular complexity index is 1060. The van der Waals surface area contributed by atoms with Crippen LogP contribution in [0.2, 0.25) is 0 Å². The number of carbonyl (C=O) groups is 1. The number of rotatable bonds is 3. The van der Waals surface area contributed by atoms with Crippen molar-refractivity contribution in [3.05, 3.63) is 65.2 Å². The van der Waals surface area contributed by atoms with Crippen LogP contribution in [0.1, 0.15) is 40.0 Å². The number of carbonyl (C=O) groups excluding carboxylic acids is 1. The van der Waals surface area contributed by atoms with Crippen LogP contribution in [0.4, 0.5) is 4.39 Å². The van der Waals surface area contributed by atoms with Gasteiger partial charge in [-0.25, -0.2) is 14.4 Å². The zero-order valence-electron chi connectivity index (χ0n) is 15.8. The zero-order chi connectivity index (χ0) is 19.8. The Morgan fingerprint density at radius 2 is 2.21 bits per heavy atom.